The van der Waals surface area contributed by atoms with E-state index in [0.717, 1.165) is 6.54 Å². The van der Waals surface area contributed by atoms with Gasteiger partial charge in [0, 0.05) is 0 Å². The van der Waals surface area contributed by atoms with Gasteiger partial charge >= 0.3 is 8.56 Å². The Kier molecular flexibility index (Phi) is 5.30. The fourth-order valence-corrected chi connectivity index (χ4v) is 11.6. The number of nitrogens with zero attached hydrogens (tertiary/aromatic N) is 1. The van der Waals surface area contributed by atoms with Crippen molar-refractivity contribution in [3.05, 3.63) is 30.3 Å². The molecule has 2 N–H and O–H groups in total. The lowest BCUT2D eigenvalue weighted by atomic mass is 10.4. The van der Waals surface area contributed by atoms with Crippen molar-refractivity contribution in [1.29, 1.82) is 0 Å². The van der Waals surface area contributed by atoms with Crippen LogP contribution in [0.3, 0.4) is 0 Å². The molecule has 0 spiro atoms. The van der Waals surface area contributed by atoms with E-state index in [9.17, 15) is 0 Å². The normalized spacial score (nSPS) is 13.1. The molecule has 0 saturated carbocycles. The van der Waals surface area contributed by atoms with Crippen LogP contribution in [0.15, 0.2) is 30.3 Å². The first-order valence-corrected chi connectivity index (χ1v) is 12.0. The zero-order valence-corrected chi connectivity index (χ0v) is 14.5. The third-order valence-corrected chi connectivity index (χ3v) is 12.1. The van der Waals surface area contributed by atoms with Gasteiger partial charge in [-0.15, -0.1) is 0 Å². The van der Waals surface area contributed by atoms with Crippen molar-refractivity contribution in [1.82, 2.24) is 14.2 Å². The van der Waals surface area contributed by atoms with Gasteiger partial charge in [0.15, 0.2) is 0 Å². The van der Waals surface area contributed by atoms with Gasteiger partial charge in [0.2, 0.25) is 0 Å². The Morgan fingerprint density at radius 3 is 1.83 bits per heavy atom. The Morgan fingerprint density at radius 1 is 1.00 bits per heavy atom. The predicted molar refractivity (Wildman–Crippen MR) is 85.7 cm³/mol. The minimum atomic E-state index is -1.99. The van der Waals surface area contributed by atoms with Crippen molar-refractivity contribution in [2.45, 2.75) is 26.6 Å². The highest BCUT2D eigenvalue weighted by atomic mass is 28.4. The van der Waals surface area contributed by atoms with Crippen LogP contribution in [0, 0.1) is 0 Å². The van der Waals surface area contributed by atoms with Crippen molar-refractivity contribution in [3.63, 3.8) is 0 Å². The largest absolute Gasteiger partial charge is 0.318 e. The molecule has 0 bridgehead atoms. The number of rotatable bonds is 6. The first-order chi connectivity index (χ1) is 8.42. The van der Waals surface area contributed by atoms with Crippen LogP contribution in [-0.4, -0.2) is 41.7 Å². The highest BCUT2D eigenvalue weighted by Crippen LogP contribution is 2.15. The number of hydrogen-bond acceptors (Lipinski definition) is 3. The highest BCUT2D eigenvalue weighted by Gasteiger charge is 2.45. The molecule has 0 aliphatic heterocycles. The molecule has 0 aliphatic carbocycles. The van der Waals surface area contributed by atoms with Gasteiger partial charge in [0.1, 0.15) is 8.24 Å². The van der Waals surface area contributed by atoms with Crippen molar-refractivity contribution in [2.24, 2.45) is 0 Å². The Morgan fingerprint density at radius 2 is 1.50 bits per heavy atom. The molecule has 0 aromatic heterocycles. The Bertz CT molecular complexity index is 358. The van der Waals surface area contributed by atoms with Crippen LogP contribution in [0.25, 0.3) is 0 Å². The van der Waals surface area contributed by atoms with E-state index in [1.54, 1.807) is 0 Å². The summed E-state index contributed by atoms with van der Waals surface area (Å²) in [6.45, 7) is 10.6. The van der Waals surface area contributed by atoms with Gasteiger partial charge in [-0.1, -0.05) is 56.9 Å². The minimum Gasteiger partial charge on any atom is -0.318 e. The maximum Gasteiger partial charge on any atom is 0.310 e. The van der Waals surface area contributed by atoms with Gasteiger partial charge in [-0.05, 0) is 25.8 Å². The fourth-order valence-electron chi connectivity index (χ4n) is 2.73. The molecule has 0 aliphatic rings. The van der Waals surface area contributed by atoms with E-state index < -0.39 is 16.8 Å². The van der Waals surface area contributed by atoms with Crippen LogP contribution >= 0.6 is 0 Å². The summed E-state index contributed by atoms with van der Waals surface area (Å²) < 4.78 is 2.70. The van der Waals surface area contributed by atoms with E-state index in [1.807, 2.05) is 0 Å². The summed E-state index contributed by atoms with van der Waals surface area (Å²) in [6.07, 6.45) is 0. The zero-order valence-electron chi connectivity index (χ0n) is 12.5. The van der Waals surface area contributed by atoms with Crippen molar-refractivity contribution in [2.75, 3.05) is 20.6 Å². The predicted octanol–water partition coefficient (Wildman–Crippen LogP) is 1.43. The van der Waals surface area contributed by atoms with Crippen LogP contribution in [-0.2, 0) is 0 Å². The van der Waals surface area contributed by atoms with E-state index >= 15 is 0 Å². The summed E-state index contributed by atoms with van der Waals surface area (Å²) in [6, 6.07) is 10.8. The van der Waals surface area contributed by atoms with Crippen LogP contribution in [0.1, 0.15) is 6.92 Å². The lowest BCUT2D eigenvalue weighted by Gasteiger charge is -2.47. The van der Waals surface area contributed by atoms with E-state index in [1.165, 1.54) is 5.19 Å². The maximum atomic E-state index is 3.63. The average Bonchev–Trinajstić information content (AvgIpc) is 2.35. The van der Waals surface area contributed by atoms with Crippen LogP contribution in [0.5, 0.6) is 0 Å². The average molecular weight is 282 g/mol. The quantitative estimate of drug-likeness (QED) is 0.773. The van der Waals surface area contributed by atoms with E-state index in [0.29, 0.717) is 0 Å². The molecular formula is C13H27N3Si2. The van der Waals surface area contributed by atoms with Crippen molar-refractivity contribution >= 4 is 22.0 Å². The third kappa shape index (κ3) is 2.92. The molecule has 0 heterocycles. The van der Waals surface area contributed by atoms with Gasteiger partial charge < -0.3 is 14.2 Å². The summed E-state index contributed by atoms with van der Waals surface area (Å²) in [7, 11) is 0.798. The number of benzene rings is 1. The Labute approximate surface area is 114 Å². The molecule has 3 nitrogen and oxygen atoms in total. The first-order valence-electron chi connectivity index (χ1n) is 6.63. The van der Waals surface area contributed by atoms with Gasteiger partial charge in [-0.2, -0.15) is 0 Å². The molecule has 0 fully saturated rings. The monoisotopic (exact) mass is 281 g/mol. The smallest absolute Gasteiger partial charge is 0.310 e. The Balaban J connectivity index is 3.30. The summed E-state index contributed by atoms with van der Waals surface area (Å²) >= 11 is 0. The van der Waals surface area contributed by atoms with Crippen LogP contribution < -0.4 is 15.2 Å². The standard InChI is InChI=1S/C13H27N3Si2/c1-7-16(17(4,5)6)18(14-2,15-3)13-11-9-8-10-12-13/h8-12,14-15H,7H2,1-6H3. The number of nitrogens with one attached hydrogen (secondary N) is 2. The molecule has 0 amide bonds. The summed E-state index contributed by atoms with van der Waals surface area (Å²) in [5.74, 6) is 0. The molecule has 18 heavy (non-hydrogen) atoms. The summed E-state index contributed by atoms with van der Waals surface area (Å²) in [5, 5.41) is 1.40. The van der Waals surface area contributed by atoms with Gasteiger partial charge in [0.25, 0.3) is 0 Å². The first kappa shape index (κ1) is 15.6. The molecule has 0 saturated heterocycles. The SMILES string of the molecule is CCN([Si](C)(C)C)[Si](NC)(NC)c1ccccc1. The molecule has 5 heteroatoms. The molecule has 102 valence electrons. The van der Waals surface area contributed by atoms with Gasteiger partial charge in [-0.3, -0.25) is 0 Å². The van der Waals surface area contributed by atoms with Crippen LogP contribution in [0.4, 0.5) is 0 Å². The van der Waals surface area contributed by atoms with E-state index in [-0.39, 0.29) is 0 Å². The van der Waals surface area contributed by atoms with Gasteiger partial charge in [0.05, 0.1) is 0 Å². The van der Waals surface area contributed by atoms with E-state index in [2.05, 4.69) is 85.2 Å². The lowest BCUT2D eigenvalue weighted by molar-refractivity contribution is 0.613. The topological polar surface area (TPSA) is 27.3 Å². The number of hydrogen-bond donors (Lipinski definition) is 2. The third-order valence-electron chi connectivity index (χ3n) is 3.45. The fraction of sp³-hybridized carbons (Fsp3) is 0.538. The molecule has 0 unspecified atom stereocenters. The lowest BCUT2D eigenvalue weighted by Crippen LogP contribution is -2.82. The summed E-state index contributed by atoms with van der Waals surface area (Å²) in [5.41, 5.74) is 0. The second-order valence-electron chi connectivity index (χ2n) is 5.49. The minimum absolute atomic E-state index is 1.08. The Hall–Kier alpha value is -0.466. The zero-order chi connectivity index (χ0) is 13.8. The molecule has 0 radical (unpaired) electrons. The van der Waals surface area contributed by atoms with E-state index in [4.69, 9.17) is 0 Å². The van der Waals surface area contributed by atoms with Gasteiger partial charge in [-0.25, -0.2) is 0 Å². The summed E-state index contributed by atoms with van der Waals surface area (Å²) in [4.78, 5) is 7.26. The maximum absolute atomic E-state index is 3.63. The molecule has 1 aromatic carbocycles. The van der Waals surface area contributed by atoms with Crippen molar-refractivity contribution in [3.8, 4) is 0 Å². The van der Waals surface area contributed by atoms with Crippen molar-refractivity contribution < 1.29 is 0 Å². The highest BCUT2D eigenvalue weighted by molar-refractivity contribution is 6.95. The second-order valence-corrected chi connectivity index (χ2v) is 14.4. The molecule has 0 atom stereocenters. The molecule has 1 aromatic rings. The van der Waals surface area contributed by atoms with Crippen LogP contribution in [0.2, 0.25) is 19.6 Å². The second kappa shape index (κ2) is 6.12. The molecule has 1 rings (SSSR count). The molecular weight excluding hydrogens is 254 g/mol.